The summed E-state index contributed by atoms with van der Waals surface area (Å²) in [4.78, 5) is 0. The van der Waals surface area contributed by atoms with Crippen molar-refractivity contribution in [2.75, 3.05) is 0 Å². The zero-order valence-electron chi connectivity index (χ0n) is 10.2. The highest BCUT2D eigenvalue weighted by Crippen LogP contribution is 2.45. The van der Waals surface area contributed by atoms with Gasteiger partial charge in [0.2, 0.25) is 0 Å². The van der Waals surface area contributed by atoms with Gasteiger partial charge >= 0.3 is 0 Å². The molecule has 0 saturated heterocycles. The summed E-state index contributed by atoms with van der Waals surface area (Å²) in [7, 11) is 0. The molecular formula is C17H13I. The topological polar surface area (TPSA) is 0 Å². The van der Waals surface area contributed by atoms with Crippen molar-refractivity contribution >= 4 is 34.2 Å². The molecule has 18 heavy (non-hydrogen) atoms. The van der Waals surface area contributed by atoms with Gasteiger partial charge < -0.3 is 0 Å². The van der Waals surface area contributed by atoms with Gasteiger partial charge in [-0.15, -0.1) is 0 Å². The molecule has 0 unspecified atom stereocenters. The molecule has 88 valence electrons. The summed E-state index contributed by atoms with van der Waals surface area (Å²) >= 11 is 2.38. The Bertz CT molecular complexity index is 678. The summed E-state index contributed by atoms with van der Waals surface area (Å²) < 4.78 is 1.27. The standard InChI is InChI=1S/C17H13I/c1-3-6-12-9-13(18)10-16-15-8-5-4-7-14(15)11(2)17(12)16/h3-10H,2H2,1H3/b6-3-. The minimum absolute atomic E-state index is 1.14. The fraction of sp³-hybridized carbons (Fsp3) is 0.0588. The fourth-order valence-corrected chi connectivity index (χ4v) is 3.25. The average Bonchev–Trinajstić information content (AvgIpc) is 2.64. The van der Waals surface area contributed by atoms with Crippen LogP contribution in [0.3, 0.4) is 0 Å². The van der Waals surface area contributed by atoms with Crippen LogP contribution >= 0.6 is 22.6 Å². The van der Waals surface area contributed by atoms with Crippen molar-refractivity contribution in [3.8, 4) is 11.1 Å². The highest BCUT2D eigenvalue weighted by molar-refractivity contribution is 14.1. The first-order chi connectivity index (χ1) is 8.72. The van der Waals surface area contributed by atoms with Gasteiger partial charge in [0.25, 0.3) is 0 Å². The largest absolute Gasteiger partial charge is 0.0905 e. The molecular weight excluding hydrogens is 331 g/mol. The normalized spacial score (nSPS) is 12.9. The molecule has 2 aromatic carbocycles. The summed E-state index contributed by atoms with van der Waals surface area (Å²) in [6, 6.07) is 13.0. The van der Waals surface area contributed by atoms with E-state index in [1.54, 1.807) is 0 Å². The number of benzene rings is 2. The van der Waals surface area contributed by atoms with E-state index in [1.165, 1.54) is 31.4 Å². The lowest BCUT2D eigenvalue weighted by atomic mass is 9.99. The number of allylic oxidation sites excluding steroid dienone is 1. The Labute approximate surface area is 121 Å². The molecule has 0 saturated carbocycles. The maximum absolute atomic E-state index is 4.27. The van der Waals surface area contributed by atoms with Gasteiger partial charge in [-0.05, 0) is 75.0 Å². The van der Waals surface area contributed by atoms with Crippen molar-refractivity contribution in [1.82, 2.24) is 0 Å². The Balaban J connectivity index is 2.37. The quantitative estimate of drug-likeness (QED) is 0.521. The predicted molar refractivity (Wildman–Crippen MR) is 87.4 cm³/mol. The monoisotopic (exact) mass is 344 g/mol. The van der Waals surface area contributed by atoms with E-state index >= 15 is 0 Å². The van der Waals surface area contributed by atoms with Crippen molar-refractivity contribution in [3.05, 3.63) is 69.3 Å². The number of halogens is 1. The van der Waals surface area contributed by atoms with E-state index in [1.807, 2.05) is 0 Å². The summed E-state index contributed by atoms with van der Waals surface area (Å²) in [6.45, 7) is 6.33. The summed E-state index contributed by atoms with van der Waals surface area (Å²) in [5.41, 5.74) is 7.58. The van der Waals surface area contributed by atoms with Crippen molar-refractivity contribution < 1.29 is 0 Å². The van der Waals surface area contributed by atoms with E-state index in [-0.39, 0.29) is 0 Å². The van der Waals surface area contributed by atoms with Crippen LogP contribution in [0.15, 0.2) is 49.1 Å². The second-order valence-corrected chi connectivity index (χ2v) is 5.69. The molecule has 0 amide bonds. The van der Waals surface area contributed by atoms with Gasteiger partial charge in [-0.2, -0.15) is 0 Å². The third kappa shape index (κ3) is 1.65. The van der Waals surface area contributed by atoms with E-state index in [0.29, 0.717) is 0 Å². The zero-order valence-corrected chi connectivity index (χ0v) is 12.4. The first-order valence-electron chi connectivity index (χ1n) is 5.97. The van der Waals surface area contributed by atoms with Gasteiger partial charge in [0.15, 0.2) is 0 Å². The lowest BCUT2D eigenvalue weighted by molar-refractivity contribution is 1.56. The minimum Gasteiger partial charge on any atom is -0.0905 e. The summed E-state index contributed by atoms with van der Waals surface area (Å²) in [5.74, 6) is 0. The van der Waals surface area contributed by atoms with Crippen molar-refractivity contribution in [3.63, 3.8) is 0 Å². The third-order valence-electron chi connectivity index (χ3n) is 3.32. The molecule has 0 aliphatic heterocycles. The van der Waals surface area contributed by atoms with Crippen molar-refractivity contribution in [2.24, 2.45) is 0 Å². The molecule has 2 aromatic rings. The van der Waals surface area contributed by atoms with Crippen molar-refractivity contribution in [1.29, 1.82) is 0 Å². The minimum atomic E-state index is 1.14. The first kappa shape index (κ1) is 11.7. The second-order valence-electron chi connectivity index (χ2n) is 4.44. The third-order valence-corrected chi connectivity index (χ3v) is 3.95. The van der Waals surface area contributed by atoms with Crippen LogP contribution in [0.25, 0.3) is 22.8 Å². The Hall–Kier alpha value is -1.35. The van der Waals surface area contributed by atoms with Crippen LogP contribution in [-0.4, -0.2) is 0 Å². The van der Waals surface area contributed by atoms with E-state index in [4.69, 9.17) is 0 Å². The van der Waals surface area contributed by atoms with Crippen LogP contribution in [0.1, 0.15) is 23.6 Å². The maximum atomic E-state index is 4.27. The Morgan fingerprint density at radius 1 is 1.06 bits per heavy atom. The number of rotatable bonds is 1. The molecule has 0 bridgehead atoms. The molecule has 3 rings (SSSR count). The molecule has 0 nitrogen and oxygen atoms in total. The second kappa shape index (κ2) is 4.39. The van der Waals surface area contributed by atoms with Crippen LogP contribution in [0.2, 0.25) is 0 Å². The Morgan fingerprint density at radius 2 is 1.78 bits per heavy atom. The lowest BCUT2D eigenvalue weighted by Gasteiger charge is -2.07. The molecule has 0 heterocycles. The van der Waals surface area contributed by atoms with Gasteiger partial charge in [-0.3, -0.25) is 0 Å². The van der Waals surface area contributed by atoms with Crippen LogP contribution in [0, 0.1) is 3.57 Å². The molecule has 1 heteroatoms. The molecule has 0 spiro atoms. The van der Waals surface area contributed by atoms with Crippen molar-refractivity contribution in [2.45, 2.75) is 6.92 Å². The molecule has 1 aliphatic carbocycles. The number of fused-ring (bicyclic) bond motifs is 3. The molecule has 0 N–H and O–H groups in total. The number of hydrogen-bond donors (Lipinski definition) is 0. The van der Waals surface area contributed by atoms with Gasteiger partial charge in [0.05, 0.1) is 0 Å². The summed E-state index contributed by atoms with van der Waals surface area (Å²) in [5, 5.41) is 0. The Morgan fingerprint density at radius 3 is 2.50 bits per heavy atom. The van der Waals surface area contributed by atoms with Gasteiger partial charge in [0.1, 0.15) is 0 Å². The molecule has 0 aromatic heterocycles. The lowest BCUT2D eigenvalue weighted by Crippen LogP contribution is -1.87. The molecule has 1 aliphatic rings. The Kier molecular flexibility index (Phi) is 2.86. The summed E-state index contributed by atoms with van der Waals surface area (Å²) in [6.07, 6.45) is 4.25. The van der Waals surface area contributed by atoms with E-state index in [0.717, 1.165) is 5.57 Å². The van der Waals surface area contributed by atoms with Crippen LogP contribution in [0.5, 0.6) is 0 Å². The van der Waals surface area contributed by atoms with Crippen LogP contribution in [0.4, 0.5) is 0 Å². The predicted octanol–water partition coefficient (Wildman–Crippen LogP) is 5.37. The highest BCUT2D eigenvalue weighted by Gasteiger charge is 2.23. The van der Waals surface area contributed by atoms with Gasteiger partial charge in [-0.1, -0.05) is 43.0 Å². The fourth-order valence-electron chi connectivity index (χ4n) is 2.60. The molecule has 0 radical (unpaired) electrons. The molecule has 0 atom stereocenters. The average molecular weight is 344 g/mol. The van der Waals surface area contributed by atoms with Crippen LogP contribution in [-0.2, 0) is 0 Å². The molecule has 0 fully saturated rings. The highest BCUT2D eigenvalue weighted by atomic mass is 127. The SMILES string of the molecule is C=C1c2ccccc2-c2cc(I)cc(/C=C\C)c21. The maximum Gasteiger partial charge on any atom is 0.0142 e. The van der Waals surface area contributed by atoms with E-state index < -0.39 is 0 Å². The van der Waals surface area contributed by atoms with E-state index in [9.17, 15) is 0 Å². The number of hydrogen-bond acceptors (Lipinski definition) is 0. The smallest absolute Gasteiger partial charge is 0.0142 e. The zero-order chi connectivity index (χ0) is 12.7. The van der Waals surface area contributed by atoms with Gasteiger partial charge in [-0.25, -0.2) is 0 Å². The van der Waals surface area contributed by atoms with Gasteiger partial charge in [0, 0.05) is 3.57 Å². The first-order valence-corrected chi connectivity index (χ1v) is 7.05. The van der Waals surface area contributed by atoms with E-state index in [2.05, 4.69) is 84.6 Å². The van der Waals surface area contributed by atoms with Crippen LogP contribution < -0.4 is 0 Å².